The molecule has 1 aliphatic rings. The van der Waals surface area contributed by atoms with Crippen LogP contribution in [0.2, 0.25) is 0 Å². The molecule has 1 fully saturated rings. The van der Waals surface area contributed by atoms with Crippen LogP contribution in [0.5, 0.6) is 0 Å². The summed E-state index contributed by atoms with van der Waals surface area (Å²) in [5.41, 5.74) is 0.758. The van der Waals surface area contributed by atoms with E-state index < -0.39 is 6.10 Å². The molecule has 1 heterocycles. The Bertz CT molecular complexity index is 368. The first-order valence-corrected chi connectivity index (χ1v) is 6.78. The van der Waals surface area contributed by atoms with Crippen molar-refractivity contribution in [2.45, 2.75) is 50.7 Å². The van der Waals surface area contributed by atoms with E-state index in [9.17, 15) is 5.11 Å². The first-order chi connectivity index (χ1) is 8.66. The molecule has 3 atom stereocenters. The second-order valence-corrected chi connectivity index (χ2v) is 5.55. The highest BCUT2D eigenvalue weighted by atomic mass is 16.5. The van der Waals surface area contributed by atoms with Gasteiger partial charge in [-0.15, -0.1) is 0 Å². The second kappa shape index (κ2) is 5.81. The predicted octanol–water partition coefficient (Wildman–Crippen LogP) is 2.58. The van der Waals surface area contributed by atoms with E-state index in [0.717, 1.165) is 24.8 Å². The molecule has 0 bridgehead atoms. The first-order valence-electron chi connectivity index (χ1n) is 6.78. The molecule has 3 nitrogen and oxygen atoms in total. The third kappa shape index (κ3) is 2.90. The number of aromatic nitrogens is 1. The van der Waals surface area contributed by atoms with E-state index in [2.05, 4.69) is 11.9 Å². The van der Waals surface area contributed by atoms with Gasteiger partial charge in [-0.1, -0.05) is 19.8 Å². The second-order valence-electron chi connectivity index (χ2n) is 5.55. The van der Waals surface area contributed by atoms with Crippen molar-refractivity contribution in [3.63, 3.8) is 0 Å². The maximum absolute atomic E-state index is 10.6. The van der Waals surface area contributed by atoms with Crippen molar-refractivity contribution in [3.8, 4) is 0 Å². The lowest BCUT2D eigenvalue weighted by molar-refractivity contribution is -0.131. The molecule has 3 unspecified atom stereocenters. The number of hydrogen-bond donors (Lipinski definition) is 1. The molecule has 3 heteroatoms. The Morgan fingerprint density at radius 3 is 2.83 bits per heavy atom. The smallest absolute Gasteiger partial charge is 0.0942 e. The Labute approximate surface area is 109 Å². The van der Waals surface area contributed by atoms with E-state index in [0.29, 0.717) is 12.3 Å². The van der Waals surface area contributed by atoms with Gasteiger partial charge in [0.2, 0.25) is 0 Å². The Morgan fingerprint density at radius 2 is 2.22 bits per heavy atom. The molecule has 0 aromatic carbocycles. The van der Waals surface area contributed by atoms with E-state index >= 15 is 0 Å². The number of hydrogen-bond acceptors (Lipinski definition) is 3. The zero-order valence-corrected chi connectivity index (χ0v) is 11.3. The minimum absolute atomic E-state index is 0.360. The zero-order valence-electron chi connectivity index (χ0n) is 11.3. The van der Waals surface area contributed by atoms with Gasteiger partial charge in [-0.05, 0) is 36.5 Å². The van der Waals surface area contributed by atoms with Gasteiger partial charge in [0.25, 0.3) is 0 Å². The summed E-state index contributed by atoms with van der Waals surface area (Å²) in [6.07, 6.45) is 8.04. The largest absolute Gasteiger partial charge is 0.390 e. The molecule has 100 valence electrons. The summed E-state index contributed by atoms with van der Waals surface area (Å²) in [7, 11) is 1.73. The van der Waals surface area contributed by atoms with Crippen LogP contribution in [0.3, 0.4) is 0 Å². The minimum Gasteiger partial charge on any atom is -0.390 e. The zero-order chi connectivity index (χ0) is 13.0. The molecule has 0 saturated heterocycles. The summed E-state index contributed by atoms with van der Waals surface area (Å²) in [5, 5.41) is 10.6. The van der Waals surface area contributed by atoms with Gasteiger partial charge in [-0.2, -0.15) is 0 Å². The average Bonchev–Trinajstić information content (AvgIpc) is 2.39. The highest BCUT2D eigenvalue weighted by Crippen LogP contribution is 2.38. The quantitative estimate of drug-likeness (QED) is 0.891. The lowest BCUT2D eigenvalue weighted by Gasteiger charge is -2.42. The van der Waals surface area contributed by atoms with Crippen molar-refractivity contribution in [2.24, 2.45) is 5.92 Å². The molecule has 0 spiro atoms. The van der Waals surface area contributed by atoms with Crippen LogP contribution in [0.1, 0.15) is 38.2 Å². The van der Waals surface area contributed by atoms with Gasteiger partial charge in [-0.25, -0.2) is 0 Å². The van der Waals surface area contributed by atoms with Gasteiger partial charge in [-0.3, -0.25) is 4.98 Å². The van der Waals surface area contributed by atoms with Crippen LogP contribution in [0.25, 0.3) is 0 Å². The van der Waals surface area contributed by atoms with Gasteiger partial charge < -0.3 is 9.84 Å². The van der Waals surface area contributed by atoms with Crippen LogP contribution in [0.15, 0.2) is 24.5 Å². The van der Waals surface area contributed by atoms with E-state index in [-0.39, 0.29) is 5.60 Å². The van der Waals surface area contributed by atoms with Crippen LogP contribution < -0.4 is 0 Å². The SMILES string of the molecule is COC1(C(O)Cc2ccncc2)CCCC(C)C1. The van der Waals surface area contributed by atoms with Crippen molar-refractivity contribution in [1.82, 2.24) is 4.98 Å². The molecule has 1 saturated carbocycles. The molecule has 0 aliphatic heterocycles. The van der Waals surface area contributed by atoms with Gasteiger partial charge in [0.1, 0.15) is 0 Å². The monoisotopic (exact) mass is 249 g/mol. The van der Waals surface area contributed by atoms with Crippen LogP contribution in [0.4, 0.5) is 0 Å². The summed E-state index contributed by atoms with van der Waals surface area (Å²) in [6.45, 7) is 2.24. The van der Waals surface area contributed by atoms with E-state index in [1.165, 1.54) is 6.42 Å². The number of nitrogens with zero attached hydrogens (tertiary/aromatic N) is 1. The molecule has 1 aromatic rings. The van der Waals surface area contributed by atoms with Crippen molar-refractivity contribution in [1.29, 1.82) is 0 Å². The number of pyridine rings is 1. The standard InChI is InChI=1S/C15H23NO2/c1-12-4-3-7-15(11-12,18-2)14(17)10-13-5-8-16-9-6-13/h5-6,8-9,12,14,17H,3-4,7,10-11H2,1-2H3. The Balaban J connectivity index is 2.07. The Morgan fingerprint density at radius 1 is 1.50 bits per heavy atom. The first kappa shape index (κ1) is 13.5. The fourth-order valence-corrected chi connectivity index (χ4v) is 3.10. The molecular formula is C15H23NO2. The summed E-state index contributed by atoms with van der Waals surface area (Å²) in [5.74, 6) is 0.630. The fourth-order valence-electron chi connectivity index (χ4n) is 3.10. The molecule has 18 heavy (non-hydrogen) atoms. The summed E-state index contributed by atoms with van der Waals surface area (Å²) < 4.78 is 5.72. The van der Waals surface area contributed by atoms with E-state index in [1.807, 2.05) is 12.1 Å². The number of aliphatic hydroxyl groups excluding tert-OH is 1. The lowest BCUT2D eigenvalue weighted by Crippen LogP contribution is -2.48. The summed E-state index contributed by atoms with van der Waals surface area (Å²) >= 11 is 0. The maximum atomic E-state index is 10.6. The predicted molar refractivity (Wildman–Crippen MR) is 71.3 cm³/mol. The van der Waals surface area contributed by atoms with Crippen molar-refractivity contribution in [2.75, 3.05) is 7.11 Å². The van der Waals surface area contributed by atoms with E-state index in [1.54, 1.807) is 19.5 Å². The highest BCUT2D eigenvalue weighted by molar-refractivity contribution is 5.12. The maximum Gasteiger partial charge on any atom is 0.0942 e. The van der Waals surface area contributed by atoms with Gasteiger partial charge >= 0.3 is 0 Å². The van der Waals surface area contributed by atoms with Gasteiger partial charge in [0.15, 0.2) is 0 Å². The summed E-state index contributed by atoms with van der Waals surface area (Å²) in [6, 6.07) is 3.91. The van der Waals surface area contributed by atoms with Gasteiger partial charge in [0, 0.05) is 25.9 Å². The van der Waals surface area contributed by atoms with Crippen LogP contribution in [-0.4, -0.2) is 28.9 Å². The molecule has 0 amide bonds. The molecule has 0 radical (unpaired) electrons. The molecular weight excluding hydrogens is 226 g/mol. The average molecular weight is 249 g/mol. The van der Waals surface area contributed by atoms with Gasteiger partial charge in [0.05, 0.1) is 11.7 Å². The Hall–Kier alpha value is -0.930. The van der Waals surface area contributed by atoms with E-state index in [4.69, 9.17) is 4.74 Å². The van der Waals surface area contributed by atoms with Crippen molar-refractivity contribution < 1.29 is 9.84 Å². The number of aliphatic hydroxyl groups is 1. The molecule has 1 N–H and O–H groups in total. The molecule has 2 rings (SSSR count). The highest BCUT2D eigenvalue weighted by Gasteiger charge is 2.41. The molecule has 1 aromatic heterocycles. The number of ether oxygens (including phenoxy) is 1. The normalized spacial score (nSPS) is 30.1. The number of rotatable bonds is 4. The third-order valence-corrected chi connectivity index (χ3v) is 4.18. The fraction of sp³-hybridized carbons (Fsp3) is 0.667. The van der Waals surface area contributed by atoms with Crippen LogP contribution >= 0.6 is 0 Å². The lowest BCUT2D eigenvalue weighted by atomic mass is 9.74. The summed E-state index contributed by atoms with van der Waals surface area (Å²) in [4.78, 5) is 4.00. The topological polar surface area (TPSA) is 42.4 Å². The Kier molecular flexibility index (Phi) is 4.36. The third-order valence-electron chi connectivity index (χ3n) is 4.18. The molecule has 1 aliphatic carbocycles. The number of methoxy groups -OCH3 is 1. The van der Waals surface area contributed by atoms with Crippen molar-refractivity contribution in [3.05, 3.63) is 30.1 Å². The minimum atomic E-state index is -0.437. The van der Waals surface area contributed by atoms with Crippen LogP contribution in [-0.2, 0) is 11.2 Å². The van der Waals surface area contributed by atoms with Crippen LogP contribution in [0, 0.1) is 5.92 Å². The van der Waals surface area contributed by atoms with Crippen molar-refractivity contribution >= 4 is 0 Å².